The topological polar surface area (TPSA) is 154 Å². The van der Waals surface area contributed by atoms with Crippen LogP contribution in [0.5, 0.6) is 0 Å². The molecule has 1 aromatic carbocycles. The summed E-state index contributed by atoms with van der Waals surface area (Å²) in [4.78, 5) is 52.8. The summed E-state index contributed by atoms with van der Waals surface area (Å²) < 4.78 is 44.8. The maximum atomic E-state index is 12.9. The number of carbonyl (C=O) groups excluding carboxylic acids is 3. The Bertz CT molecular complexity index is 1810. The average Bonchev–Trinajstić information content (AvgIpc) is 3.44. The van der Waals surface area contributed by atoms with Crippen molar-refractivity contribution in [2.75, 3.05) is 29.9 Å². The highest BCUT2D eigenvalue weighted by Crippen LogP contribution is 2.36. The van der Waals surface area contributed by atoms with Gasteiger partial charge in [0, 0.05) is 43.3 Å². The van der Waals surface area contributed by atoms with Crippen molar-refractivity contribution in [3.05, 3.63) is 77.2 Å². The molecule has 0 bridgehead atoms. The van der Waals surface area contributed by atoms with Gasteiger partial charge in [0.05, 0.1) is 34.4 Å². The van der Waals surface area contributed by atoms with Crippen LogP contribution in [0.1, 0.15) is 72.2 Å². The average molecular weight is 652 g/mol. The Hall–Kier alpha value is -4.89. The minimum absolute atomic E-state index is 0.0381. The number of aliphatic hydroxyl groups is 1. The minimum atomic E-state index is -4.63. The molecule has 5 heterocycles. The SMILES string of the molecule is CC(C)(O)c1cc2nc(C3CCN(Cc4ccc(N5CCC(=O)NC5=O)cn4)CC3)oc2cc1NC(=O)c1ccc(C(F)(F)F)nc1. The van der Waals surface area contributed by atoms with Gasteiger partial charge in [-0.3, -0.25) is 34.7 Å². The van der Waals surface area contributed by atoms with E-state index >= 15 is 0 Å². The van der Waals surface area contributed by atoms with Crippen LogP contribution < -0.4 is 15.5 Å². The number of imide groups is 1. The number of hydrogen-bond acceptors (Lipinski definition) is 9. The van der Waals surface area contributed by atoms with E-state index in [1.807, 2.05) is 12.1 Å². The molecule has 4 aromatic rings. The van der Waals surface area contributed by atoms with Crippen molar-refractivity contribution < 1.29 is 37.1 Å². The molecular formula is C32H32F3N7O5. The van der Waals surface area contributed by atoms with Crippen molar-refractivity contribution in [1.82, 2.24) is 25.2 Å². The van der Waals surface area contributed by atoms with Crippen molar-refractivity contribution in [2.45, 2.75) is 57.3 Å². The fraction of sp³-hybridized carbons (Fsp3) is 0.375. The number of alkyl halides is 3. The number of carbonyl (C=O) groups is 3. The maximum Gasteiger partial charge on any atom is 0.433 e. The van der Waals surface area contributed by atoms with Crippen LogP contribution in [0.15, 0.2) is 53.2 Å². The summed E-state index contributed by atoms with van der Waals surface area (Å²) in [5.74, 6) is -0.406. The predicted octanol–water partition coefficient (Wildman–Crippen LogP) is 4.94. The number of nitrogens with zero attached hydrogens (tertiary/aromatic N) is 5. The molecule has 3 aromatic heterocycles. The number of urea groups is 1. The second-order valence-corrected chi connectivity index (χ2v) is 12.2. The van der Waals surface area contributed by atoms with Gasteiger partial charge in [-0.05, 0) is 70.1 Å². The number of halogens is 3. The molecule has 2 aliphatic heterocycles. The number of rotatable bonds is 7. The normalized spacial score (nSPS) is 16.9. The van der Waals surface area contributed by atoms with E-state index in [1.54, 1.807) is 32.2 Å². The van der Waals surface area contributed by atoms with E-state index in [2.05, 4.69) is 25.5 Å². The first-order valence-electron chi connectivity index (χ1n) is 15.0. The van der Waals surface area contributed by atoms with E-state index in [0.717, 1.165) is 50.0 Å². The zero-order chi connectivity index (χ0) is 33.5. The number of pyridine rings is 2. The van der Waals surface area contributed by atoms with Crippen molar-refractivity contribution in [3.63, 3.8) is 0 Å². The van der Waals surface area contributed by atoms with E-state index in [0.29, 0.717) is 41.3 Å². The maximum absolute atomic E-state index is 12.9. The van der Waals surface area contributed by atoms with Crippen LogP contribution in [0.25, 0.3) is 11.1 Å². The van der Waals surface area contributed by atoms with Crippen molar-refractivity contribution >= 4 is 40.3 Å². The molecule has 47 heavy (non-hydrogen) atoms. The number of nitrogens with one attached hydrogen (secondary N) is 2. The molecule has 0 spiro atoms. The minimum Gasteiger partial charge on any atom is -0.440 e. The van der Waals surface area contributed by atoms with Crippen LogP contribution >= 0.6 is 0 Å². The van der Waals surface area contributed by atoms with Gasteiger partial charge in [-0.1, -0.05) is 0 Å². The highest BCUT2D eigenvalue weighted by molar-refractivity contribution is 6.06. The number of fused-ring (bicyclic) bond motifs is 1. The number of piperidine rings is 1. The van der Waals surface area contributed by atoms with Crippen molar-refractivity contribution in [3.8, 4) is 0 Å². The van der Waals surface area contributed by atoms with Gasteiger partial charge in [0.25, 0.3) is 5.91 Å². The van der Waals surface area contributed by atoms with Crippen LogP contribution in [0.2, 0.25) is 0 Å². The van der Waals surface area contributed by atoms with E-state index in [9.17, 15) is 32.7 Å². The van der Waals surface area contributed by atoms with E-state index in [-0.39, 0.29) is 29.5 Å². The lowest BCUT2D eigenvalue weighted by molar-refractivity contribution is -0.141. The Morgan fingerprint density at radius 3 is 2.45 bits per heavy atom. The monoisotopic (exact) mass is 651 g/mol. The Balaban J connectivity index is 1.11. The molecule has 0 unspecified atom stereocenters. The lowest BCUT2D eigenvalue weighted by Gasteiger charge is -2.30. The molecule has 4 amide bonds. The van der Waals surface area contributed by atoms with E-state index < -0.39 is 29.4 Å². The lowest BCUT2D eigenvalue weighted by atomic mass is 9.95. The van der Waals surface area contributed by atoms with E-state index in [1.165, 1.54) is 4.90 Å². The van der Waals surface area contributed by atoms with Gasteiger partial charge in [0.15, 0.2) is 11.5 Å². The third-order valence-corrected chi connectivity index (χ3v) is 8.26. The predicted molar refractivity (Wildman–Crippen MR) is 163 cm³/mol. The summed E-state index contributed by atoms with van der Waals surface area (Å²) in [7, 11) is 0. The molecule has 0 radical (unpaired) electrons. The summed E-state index contributed by atoms with van der Waals surface area (Å²) in [6.45, 7) is 5.56. The molecule has 6 rings (SSSR count). The highest BCUT2D eigenvalue weighted by atomic mass is 19.4. The molecule has 0 saturated carbocycles. The van der Waals surface area contributed by atoms with E-state index in [4.69, 9.17) is 9.40 Å². The number of aromatic nitrogens is 3. The van der Waals surface area contributed by atoms with Crippen LogP contribution in [0.4, 0.5) is 29.3 Å². The van der Waals surface area contributed by atoms with Gasteiger partial charge < -0.3 is 14.8 Å². The summed E-state index contributed by atoms with van der Waals surface area (Å²) in [5, 5.41) is 15.8. The molecule has 2 aliphatic rings. The summed E-state index contributed by atoms with van der Waals surface area (Å²) >= 11 is 0. The summed E-state index contributed by atoms with van der Waals surface area (Å²) in [6.07, 6.45) is -0.354. The molecule has 15 heteroatoms. The zero-order valence-electron chi connectivity index (χ0n) is 25.6. The molecule has 2 saturated heterocycles. The van der Waals surface area contributed by atoms with Gasteiger partial charge in [-0.25, -0.2) is 9.78 Å². The van der Waals surface area contributed by atoms with Gasteiger partial charge in [0.2, 0.25) is 5.91 Å². The van der Waals surface area contributed by atoms with Crippen molar-refractivity contribution in [1.29, 1.82) is 0 Å². The Labute approximate surface area is 267 Å². The molecule has 12 nitrogen and oxygen atoms in total. The highest BCUT2D eigenvalue weighted by Gasteiger charge is 2.33. The Kier molecular flexibility index (Phi) is 8.44. The van der Waals surface area contributed by atoms with Crippen LogP contribution in [0.3, 0.4) is 0 Å². The molecule has 3 N–H and O–H groups in total. The number of amides is 4. The second-order valence-electron chi connectivity index (χ2n) is 12.2. The summed E-state index contributed by atoms with van der Waals surface area (Å²) in [6, 6.07) is 8.21. The molecule has 246 valence electrons. The standard InChI is InChI=1S/C32H32F3N7O5/c1-31(2,46)22-13-24-25(14-23(22)38-28(44)19-3-6-26(37-15-19)32(33,34)35)47-29(39-24)18-7-10-41(11-8-18)17-20-4-5-21(16-36-20)42-12-9-27(43)40-30(42)45/h3-6,13-16,18,46H,7-12,17H2,1-2H3,(H,38,44)(H,40,43,45). The Morgan fingerprint density at radius 2 is 1.83 bits per heavy atom. The van der Waals surface area contributed by atoms with Crippen LogP contribution in [-0.4, -0.2) is 62.4 Å². The number of hydrogen-bond donors (Lipinski definition) is 3. The fourth-order valence-electron chi connectivity index (χ4n) is 5.71. The first kappa shape index (κ1) is 32.1. The quantitative estimate of drug-likeness (QED) is 0.252. The van der Waals surface area contributed by atoms with Crippen LogP contribution in [0, 0.1) is 0 Å². The summed E-state index contributed by atoms with van der Waals surface area (Å²) in [5.41, 5.74) is 0.402. The third kappa shape index (κ3) is 7.10. The largest absolute Gasteiger partial charge is 0.440 e. The first-order valence-corrected chi connectivity index (χ1v) is 15.0. The van der Waals surface area contributed by atoms with Crippen molar-refractivity contribution in [2.24, 2.45) is 0 Å². The number of benzene rings is 1. The number of oxazole rings is 1. The smallest absolute Gasteiger partial charge is 0.433 e. The first-order chi connectivity index (χ1) is 22.2. The van der Waals surface area contributed by atoms with Gasteiger partial charge >= 0.3 is 12.2 Å². The fourth-order valence-corrected chi connectivity index (χ4v) is 5.71. The van der Waals surface area contributed by atoms with Crippen LogP contribution in [-0.2, 0) is 23.1 Å². The number of anilines is 2. The third-order valence-electron chi connectivity index (χ3n) is 8.26. The van der Waals surface area contributed by atoms with Gasteiger partial charge in [-0.2, -0.15) is 13.2 Å². The molecule has 2 fully saturated rings. The lowest BCUT2D eigenvalue weighted by Crippen LogP contribution is -2.49. The molecule has 0 aliphatic carbocycles. The molecule has 0 atom stereocenters. The number of likely N-dealkylation sites (tertiary alicyclic amines) is 1. The van der Waals surface area contributed by atoms with Gasteiger partial charge in [-0.15, -0.1) is 0 Å². The Morgan fingerprint density at radius 1 is 1.06 bits per heavy atom. The van der Waals surface area contributed by atoms with Gasteiger partial charge in [0.1, 0.15) is 11.2 Å². The molecular weight excluding hydrogens is 619 g/mol. The second kappa shape index (κ2) is 12.4. The zero-order valence-corrected chi connectivity index (χ0v) is 25.6.